The van der Waals surface area contributed by atoms with Gasteiger partial charge in [-0.15, -0.1) is 0 Å². The molecule has 0 spiro atoms. The van der Waals surface area contributed by atoms with Crippen LogP contribution in [0.3, 0.4) is 0 Å². The van der Waals surface area contributed by atoms with Crippen molar-refractivity contribution in [3.63, 3.8) is 0 Å². The summed E-state index contributed by atoms with van der Waals surface area (Å²) in [7, 11) is 1.91. The standard InChI is InChI=1S/C16H15ClFNO2/c1-19(9-11-2-5-13(17)6-3-11)10-12-4-7-14(16(20)21)15(18)8-12/h2-8H,9-10H2,1H3,(H,20,21). The Labute approximate surface area is 127 Å². The Hall–Kier alpha value is -1.91. The number of benzene rings is 2. The molecule has 0 amide bonds. The number of hydrogen-bond donors (Lipinski definition) is 1. The second-order valence-corrected chi connectivity index (χ2v) is 5.35. The zero-order chi connectivity index (χ0) is 15.4. The van der Waals surface area contributed by atoms with E-state index < -0.39 is 11.8 Å². The Balaban J connectivity index is 2.02. The first kappa shape index (κ1) is 15.5. The zero-order valence-corrected chi connectivity index (χ0v) is 12.3. The van der Waals surface area contributed by atoms with E-state index in [-0.39, 0.29) is 5.56 Å². The van der Waals surface area contributed by atoms with Gasteiger partial charge in [0.15, 0.2) is 0 Å². The van der Waals surface area contributed by atoms with Crippen LogP contribution < -0.4 is 0 Å². The molecule has 0 heterocycles. The summed E-state index contributed by atoms with van der Waals surface area (Å²) in [4.78, 5) is 12.8. The van der Waals surface area contributed by atoms with Gasteiger partial charge in [0.05, 0.1) is 5.56 Å². The van der Waals surface area contributed by atoms with E-state index in [1.807, 2.05) is 36.2 Å². The second kappa shape index (κ2) is 6.70. The lowest BCUT2D eigenvalue weighted by Gasteiger charge is -2.17. The highest BCUT2D eigenvalue weighted by atomic mass is 35.5. The van der Waals surface area contributed by atoms with Crippen molar-refractivity contribution < 1.29 is 14.3 Å². The van der Waals surface area contributed by atoms with E-state index in [2.05, 4.69) is 0 Å². The van der Waals surface area contributed by atoms with Crippen LogP contribution in [0.5, 0.6) is 0 Å². The summed E-state index contributed by atoms with van der Waals surface area (Å²) in [6, 6.07) is 11.7. The molecule has 0 aliphatic carbocycles. The van der Waals surface area contributed by atoms with E-state index in [1.165, 1.54) is 12.1 Å². The summed E-state index contributed by atoms with van der Waals surface area (Å²) in [5, 5.41) is 9.48. The molecule has 21 heavy (non-hydrogen) atoms. The van der Waals surface area contributed by atoms with Crippen molar-refractivity contribution in [2.24, 2.45) is 0 Å². The monoisotopic (exact) mass is 307 g/mol. The summed E-state index contributed by atoms with van der Waals surface area (Å²) in [5.41, 5.74) is 1.53. The number of rotatable bonds is 5. The minimum Gasteiger partial charge on any atom is -0.478 e. The van der Waals surface area contributed by atoms with E-state index in [4.69, 9.17) is 16.7 Å². The Kier molecular flexibility index (Phi) is 4.94. The lowest BCUT2D eigenvalue weighted by Crippen LogP contribution is -2.17. The third kappa shape index (κ3) is 4.28. The predicted octanol–water partition coefficient (Wildman–Crippen LogP) is 3.81. The van der Waals surface area contributed by atoms with Crippen LogP contribution in [0.25, 0.3) is 0 Å². The van der Waals surface area contributed by atoms with Gasteiger partial charge in [-0.05, 0) is 42.4 Å². The second-order valence-electron chi connectivity index (χ2n) is 4.92. The number of nitrogens with zero attached hydrogens (tertiary/aromatic N) is 1. The van der Waals surface area contributed by atoms with Gasteiger partial charge in [-0.2, -0.15) is 0 Å². The fourth-order valence-electron chi connectivity index (χ4n) is 2.10. The minimum absolute atomic E-state index is 0.306. The molecule has 0 atom stereocenters. The van der Waals surface area contributed by atoms with Crippen LogP contribution in [0.4, 0.5) is 4.39 Å². The Bertz CT molecular complexity index is 643. The quantitative estimate of drug-likeness (QED) is 0.913. The molecule has 110 valence electrons. The SMILES string of the molecule is CN(Cc1ccc(Cl)cc1)Cc1ccc(C(=O)O)c(F)c1. The predicted molar refractivity (Wildman–Crippen MR) is 80.0 cm³/mol. The molecule has 0 aliphatic rings. The van der Waals surface area contributed by atoms with Gasteiger partial charge >= 0.3 is 5.97 Å². The van der Waals surface area contributed by atoms with Crippen LogP contribution in [0.2, 0.25) is 5.02 Å². The number of halogens is 2. The van der Waals surface area contributed by atoms with Gasteiger partial charge < -0.3 is 5.11 Å². The largest absolute Gasteiger partial charge is 0.478 e. The molecule has 0 saturated heterocycles. The highest BCUT2D eigenvalue weighted by Crippen LogP contribution is 2.15. The summed E-state index contributed by atoms with van der Waals surface area (Å²) < 4.78 is 13.6. The van der Waals surface area contributed by atoms with Gasteiger partial charge in [0, 0.05) is 18.1 Å². The highest BCUT2D eigenvalue weighted by molar-refractivity contribution is 6.30. The van der Waals surface area contributed by atoms with E-state index in [9.17, 15) is 9.18 Å². The summed E-state index contributed by atoms with van der Waals surface area (Å²) in [6.07, 6.45) is 0. The first-order valence-corrected chi connectivity index (χ1v) is 6.78. The molecule has 0 fully saturated rings. The van der Waals surface area contributed by atoms with E-state index >= 15 is 0 Å². The molecule has 0 unspecified atom stereocenters. The van der Waals surface area contributed by atoms with Crippen LogP contribution in [-0.4, -0.2) is 23.0 Å². The third-order valence-electron chi connectivity index (χ3n) is 3.08. The Morgan fingerprint density at radius 3 is 2.29 bits per heavy atom. The van der Waals surface area contributed by atoms with Crippen LogP contribution in [0.15, 0.2) is 42.5 Å². The van der Waals surface area contributed by atoms with E-state index in [0.717, 1.165) is 11.1 Å². The Morgan fingerprint density at radius 1 is 1.14 bits per heavy atom. The van der Waals surface area contributed by atoms with Gasteiger partial charge in [-0.1, -0.05) is 29.8 Å². The first-order valence-electron chi connectivity index (χ1n) is 6.40. The van der Waals surface area contributed by atoms with Gasteiger partial charge in [0.25, 0.3) is 0 Å². The fourth-order valence-corrected chi connectivity index (χ4v) is 2.23. The normalized spacial score (nSPS) is 10.9. The first-order chi connectivity index (χ1) is 9.95. The average Bonchev–Trinajstić information content (AvgIpc) is 2.41. The van der Waals surface area contributed by atoms with Crippen molar-refractivity contribution in [3.8, 4) is 0 Å². The van der Waals surface area contributed by atoms with Crippen LogP contribution in [0, 0.1) is 5.82 Å². The molecule has 0 saturated carbocycles. The maximum Gasteiger partial charge on any atom is 0.338 e. The molecular formula is C16H15ClFNO2. The van der Waals surface area contributed by atoms with Gasteiger partial charge in [0.2, 0.25) is 0 Å². The summed E-state index contributed by atoms with van der Waals surface area (Å²) in [5.74, 6) is -1.96. The van der Waals surface area contributed by atoms with Crippen molar-refractivity contribution >= 4 is 17.6 Å². The van der Waals surface area contributed by atoms with E-state index in [0.29, 0.717) is 18.1 Å². The van der Waals surface area contributed by atoms with Gasteiger partial charge in [-0.3, -0.25) is 4.90 Å². The zero-order valence-electron chi connectivity index (χ0n) is 11.5. The molecule has 2 aromatic carbocycles. The van der Waals surface area contributed by atoms with Crippen molar-refractivity contribution in [3.05, 3.63) is 70.0 Å². The highest BCUT2D eigenvalue weighted by Gasteiger charge is 2.11. The fraction of sp³-hybridized carbons (Fsp3) is 0.188. The number of hydrogen-bond acceptors (Lipinski definition) is 2. The molecule has 0 aromatic heterocycles. The number of carboxylic acids is 1. The molecule has 3 nitrogen and oxygen atoms in total. The van der Waals surface area contributed by atoms with Crippen LogP contribution in [-0.2, 0) is 13.1 Å². The van der Waals surface area contributed by atoms with Crippen LogP contribution >= 0.6 is 11.6 Å². The average molecular weight is 308 g/mol. The molecule has 2 aromatic rings. The minimum atomic E-state index is -1.26. The van der Waals surface area contributed by atoms with E-state index in [1.54, 1.807) is 6.07 Å². The van der Waals surface area contributed by atoms with Crippen molar-refractivity contribution in [2.75, 3.05) is 7.05 Å². The maximum atomic E-state index is 13.6. The topological polar surface area (TPSA) is 40.5 Å². The molecule has 0 bridgehead atoms. The van der Waals surface area contributed by atoms with Crippen LogP contribution in [0.1, 0.15) is 21.5 Å². The van der Waals surface area contributed by atoms with Crippen molar-refractivity contribution in [2.45, 2.75) is 13.1 Å². The number of carbonyl (C=O) groups is 1. The van der Waals surface area contributed by atoms with Crippen molar-refractivity contribution in [1.82, 2.24) is 4.90 Å². The van der Waals surface area contributed by atoms with Crippen molar-refractivity contribution in [1.29, 1.82) is 0 Å². The summed E-state index contributed by atoms with van der Waals surface area (Å²) >= 11 is 5.83. The van der Waals surface area contributed by atoms with Gasteiger partial charge in [0.1, 0.15) is 5.82 Å². The third-order valence-corrected chi connectivity index (χ3v) is 3.33. The molecule has 1 N–H and O–H groups in total. The smallest absolute Gasteiger partial charge is 0.338 e. The molecule has 2 rings (SSSR count). The lowest BCUT2D eigenvalue weighted by atomic mass is 10.1. The molecule has 5 heteroatoms. The molecule has 0 aliphatic heterocycles. The molecular weight excluding hydrogens is 293 g/mol. The summed E-state index contributed by atoms with van der Waals surface area (Å²) in [6.45, 7) is 1.22. The Morgan fingerprint density at radius 2 is 1.71 bits per heavy atom. The number of aromatic carboxylic acids is 1. The number of carboxylic acid groups (broad SMARTS) is 1. The molecule has 0 radical (unpaired) electrons. The lowest BCUT2D eigenvalue weighted by molar-refractivity contribution is 0.0692. The maximum absolute atomic E-state index is 13.6. The van der Waals surface area contributed by atoms with Gasteiger partial charge in [-0.25, -0.2) is 9.18 Å².